The van der Waals surface area contributed by atoms with E-state index in [4.69, 9.17) is 4.42 Å². The topological polar surface area (TPSA) is 75.4 Å². The van der Waals surface area contributed by atoms with Gasteiger partial charge < -0.3 is 9.73 Å². The predicted molar refractivity (Wildman–Crippen MR) is 107 cm³/mol. The number of nitrogens with one attached hydrogen (secondary N) is 1. The summed E-state index contributed by atoms with van der Waals surface area (Å²) in [6.45, 7) is 1.89. The highest BCUT2D eigenvalue weighted by Gasteiger charge is 2.32. The summed E-state index contributed by atoms with van der Waals surface area (Å²) in [5, 5.41) is 2.31. The van der Waals surface area contributed by atoms with Crippen molar-refractivity contribution in [3.63, 3.8) is 0 Å². The fraction of sp³-hybridized carbons (Fsp3) is 0.190. The maximum atomic E-state index is 13.6. The minimum Gasteiger partial charge on any atom is -0.467 e. The summed E-state index contributed by atoms with van der Waals surface area (Å²) < 4.78 is 32.4. The zero-order chi connectivity index (χ0) is 21.3. The smallest absolute Gasteiger partial charge is 0.270 e. The number of benzene rings is 1. The molecule has 9 heteroatoms. The number of fused-ring (bicyclic) bond motifs is 1. The highest BCUT2D eigenvalue weighted by molar-refractivity contribution is 8.00. The number of pyridine rings is 1. The Balaban J connectivity index is 1.61. The average Bonchev–Trinajstić information content (AvgIpc) is 3.22. The van der Waals surface area contributed by atoms with Gasteiger partial charge in [0.1, 0.15) is 28.9 Å². The molecule has 30 heavy (non-hydrogen) atoms. The fourth-order valence-corrected chi connectivity index (χ4v) is 4.14. The van der Waals surface area contributed by atoms with Gasteiger partial charge in [0.25, 0.3) is 5.91 Å². The molecule has 0 fully saturated rings. The van der Waals surface area contributed by atoms with Gasteiger partial charge in [-0.1, -0.05) is 0 Å². The highest BCUT2D eigenvalue weighted by Crippen LogP contribution is 2.38. The molecule has 0 saturated heterocycles. The molecular formula is C21H17F2N3O3S. The first kappa shape index (κ1) is 20.1. The fourth-order valence-electron chi connectivity index (χ4n) is 3.12. The summed E-state index contributed by atoms with van der Waals surface area (Å²) >= 11 is 1.32. The van der Waals surface area contributed by atoms with Crippen LogP contribution in [0.25, 0.3) is 0 Å². The molecule has 6 nitrogen and oxygen atoms in total. The van der Waals surface area contributed by atoms with E-state index in [2.05, 4.69) is 10.3 Å². The highest BCUT2D eigenvalue weighted by atomic mass is 32.2. The van der Waals surface area contributed by atoms with Crippen molar-refractivity contribution in [2.75, 3.05) is 4.90 Å². The molecule has 3 heterocycles. The summed E-state index contributed by atoms with van der Waals surface area (Å²) in [4.78, 5) is 31.7. The monoisotopic (exact) mass is 429 g/mol. The van der Waals surface area contributed by atoms with Gasteiger partial charge in [-0.05, 0) is 48.9 Å². The minimum absolute atomic E-state index is 0.0596. The number of hydrogen-bond acceptors (Lipinski definition) is 5. The second-order valence-corrected chi connectivity index (χ2v) is 8.13. The first-order valence-corrected chi connectivity index (χ1v) is 10.0. The average molecular weight is 429 g/mol. The molecular weight excluding hydrogens is 412 g/mol. The maximum absolute atomic E-state index is 13.6. The first-order chi connectivity index (χ1) is 14.4. The van der Waals surface area contributed by atoms with E-state index in [9.17, 15) is 18.4 Å². The van der Waals surface area contributed by atoms with Crippen LogP contribution in [0.5, 0.6) is 0 Å². The predicted octanol–water partition coefficient (Wildman–Crippen LogP) is 3.91. The van der Waals surface area contributed by atoms with Gasteiger partial charge in [0.2, 0.25) is 5.91 Å². The second kappa shape index (κ2) is 8.27. The molecule has 0 saturated carbocycles. The van der Waals surface area contributed by atoms with E-state index in [1.54, 1.807) is 31.2 Å². The molecule has 1 aliphatic rings. The van der Waals surface area contributed by atoms with E-state index in [-0.39, 0.29) is 24.7 Å². The molecule has 0 aliphatic carbocycles. The van der Waals surface area contributed by atoms with Crippen LogP contribution in [0.1, 0.15) is 28.7 Å². The number of anilines is 1. The van der Waals surface area contributed by atoms with Crippen LogP contribution in [0.3, 0.4) is 0 Å². The molecule has 2 aromatic heterocycles. The summed E-state index contributed by atoms with van der Waals surface area (Å²) in [6, 6.07) is 9.86. The van der Waals surface area contributed by atoms with Crippen LogP contribution in [-0.4, -0.2) is 22.0 Å². The number of thioether (sulfide) groups is 1. The minimum atomic E-state index is -0.726. The summed E-state index contributed by atoms with van der Waals surface area (Å²) in [7, 11) is 0. The SMILES string of the molecule is CC1Sc2ccc(C(=O)NCc3ccco3)nc2N(Cc2cc(F)cc(F)c2)C1=O. The van der Waals surface area contributed by atoms with Crippen molar-refractivity contribution in [1.82, 2.24) is 10.3 Å². The lowest BCUT2D eigenvalue weighted by molar-refractivity contribution is -0.118. The van der Waals surface area contributed by atoms with E-state index < -0.39 is 22.8 Å². The molecule has 0 radical (unpaired) electrons. The quantitative estimate of drug-likeness (QED) is 0.666. The molecule has 154 valence electrons. The summed E-state index contributed by atoms with van der Waals surface area (Å²) in [5.41, 5.74) is 0.416. The van der Waals surface area contributed by atoms with Crippen molar-refractivity contribution >= 4 is 29.4 Å². The van der Waals surface area contributed by atoms with Crippen LogP contribution in [0, 0.1) is 11.6 Å². The van der Waals surface area contributed by atoms with Gasteiger partial charge in [0, 0.05) is 6.07 Å². The van der Waals surface area contributed by atoms with Crippen molar-refractivity contribution in [2.45, 2.75) is 30.2 Å². The molecule has 4 rings (SSSR count). The van der Waals surface area contributed by atoms with E-state index in [0.717, 1.165) is 6.07 Å². The summed E-state index contributed by atoms with van der Waals surface area (Å²) in [6.07, 6.45) is 1.51. The third-order valence-corrected chi connectivity index (χ3v) is 5.64. The summed E-state index contributed by atoms with van der Waals surface area (Å²) in [5.74, 6) is -1.25. The molecule has 0 spiro atoms. The molecule has 1 aromatic carbocycles. The van der Waals surface area contributed by atoms with E-state index in [1.165, 1.54) is 35.1 Å². The third-order valence-electron chi connectivity index (χ3n) is 4.51. The molecule has 3 aromatic rings. The van der Waals surface area contributed by atoms with Gasteiger partial charge in [-0.15, -0.1) is 11.8 Å². The number of furan rings is 1. The Morgan fingerprint density at radius 1 is 1.23 bits per heavy atom. The number of aromatic nitrogens is 1. The van der Waals surface area contributed by atoms with Gasteiger partial charge >= 0.3 is 0 Å². The Bertz CT molecular complexity index is 1080. The number of nitrogens with zero attached hydrogens (tertiary/aromatic N) is 2. The number of carbonyl (C=O) groups is 2. The molecule has 0 bridgehead atoms. The van der Waals surface area contributed by atoms with Crippen molar-refractivity contribution in [3.8, 4) is 0 Å². The van der Waals surface area contributed by atoms with Crippen molar-refractivity contribution in [2.24, 2.45) is 0 Å². The van der Waals surface area contributed by atoms with Crippen LogP contribution < -0.4 is 10.2 Å². The standard InChI is InChI=1S/C21H17F2N3O3S/c1-12-21(28)26(11-13-7-14(22)9-15(23)8-13)19-18(30-12)5-4-17(25-19)20(27)24-10-16-3-2-6-29-16/h2-9,12H,10-11H2,1H3,(H,24,27). The van der Waals surface area contributed by atoms with Crippen LogP contribution in [-0.2, 0) is 17.9 Å². The van der Waals surface area contributed by atoms with Crippen molar-refractivity contribution < 1.29 is 22.8 Å². The van der Waals surface area contributed by atoms with Gasteiger partial charge in [-0.2, -0.15) is 0 Å². The third kappa shape index (κ3) is 4.20. The van der Waals surface area contributed by atoms with E-state index in [1.807, 2.05) is 0 Å². The Hall–Kier alpha value is -3.20. The second-order valence-electron chi connectivity index (χ2n) is 6.74. The molecule has 1 unspecified atom stereocenters. The molecule has 1 N–H and O–H groups in total. The van der Waals surface area contributed by atoms with Crippen LogP contribution in [0.2, 0.25) is 0 Å². The number of halogens is 2. The zero-order valence-corrected chi connectivity index (χ0v) is 16.7. The lowest BCUT2D eigenvalue weighted by atomic mass is 10.2. The van der Waals surface area contributed by atoms with Gasteiger partial charge in [-0.3, -0.25) is 14.5 Å². The lowest BCUT2D eigenvalue weighted by Gasteiger charge is -2.31. The van der Waals surface area contributed by atoms with E-state index >= 15 is 0 Å². The normalized spacial score (nSPS) is 15.8. The largest absolute Gasteiger partial charge is 0.467 e. The number of carbonyl (C=O) groups excluding carboxylic acids is 2. The number of amides is 2. The molecule has 1 atom stereocenters. The van der Waals surface area contributed by atoms with Crippen molar-refractivity contribution in [1.29, 1.82) is 0 Å². The lowest BCUT2D eigenvalue weighted by Crippen LogP contribution is -2.40. The van der Waals surface area contributed by atoms with Crippen LogP contribution in [0.4, 0.5) is 14.6 Å². The van der Waals surface area contributed by atoms with Gasteiger partial charge in [0.15, 0.2) is 0 Å². The Labute approximate surface area is 175 Å². The van der Waals surface area contributed by atoms with Crippen LogP contribution >= 0.6 is 11.8 Å². The Morgan fingerprint density at radius 2 is 2.00 bits per heavy atom. The zero-order valence-electron chi connectivity index (χ0n) is 15.9. The number of rotatable bonds is 5. The molecule has 2 amide bonds. The maximum Gasteiger partial charge on any atom is 0.270 e. The van der Waals surface area contributed by atoms with Gasteiger partial charge in [-0.25, -0.2) is 13.8 Å². The Kier molecular flexibility index (Phi) is 5.54. The molecule has 1 aliphatic heterocycles. The first-order valence-electron chi connectivity index (χ1n) is 9.15. The van der Waals surface area contributed by atoms with Crippen LogP contribution in [0.15, 0.2) is 58.0 Å². The Morgan fingerprint density at radius 3 is 2.70 bits per heavy atom. The van der Waals surface area contributed by atoms with Crippen molar-refractivity contribution in [3.05, 3.63) is 77.4 Å². The van der Waals surface area contributed by atoms with E-state index in [0.29, 0.717) is 22.0 Å². The number of hydrogen-bond donors (Lipinski definition) is 1. The van der Waals surface area contributed by atoms with Gasteiger partial charge in [0.05, 0.1) is 29.5 Å².